The average molecular weight is 235 g/mol. The quantitative estimate of drug-likeness (QED) is 0.759. The molecule has 0 aromatic carbocycles. The summed E-state index contributed by atoms with van der Waals surface area (Å²) >= 11 is 0. The summed E-state index contributed by atoms with van der Waals surface area (Å²) in [6.07, 6.45) is 5.67. The molecular formula is C12H17N3O2. The first-order valence-electron chi connectivity index (χ1n) is 6.13. The van der Waals surface area contributed by atoms with E-state index in [1.54, 1.807) is 12.4 Å². The topological polar surface area (TPSA) is 47.5 Å². The Morgan fingerprint density at radius 2 is 2.00 bits per heavy atom. The SMILES string of the molecule is c1cnc(CN2CCCC3(C2)OCCO3)nc1. The summed E-state index contributed by atoms with van der Waals surface area (Å²) in [5, 5.41) is 0. The van der Waals surface area contributed by atoms with Gasteiger partial charge in [0.05, 0.1) is 26.3 Å². The predicted octanol–water partition coefficient (Wildman–Crippen LogP) is 0.815. The molecule has 3 heterocycles. The Morgan fingerprint density at radius 1 is 1.24 bits per heavy atom. The molecule has 0 N–H and O–H groups in total. The molecule has 2 fully saturated rings. The van der Waals surface area contributed by atoms with Gasteiger partial charge >= 0.3 is 0 Å². The maximum Gasteiger partial charge on any atom is 0.181 e. The van der Waals surface area contributed by atoms with Gasteiger partial charge in [0.25, 0.3) is 0 Å². The van der Waals surface area contributed by atoms with Crippen LogP contribution in [0.5, 0.6) is 0 Å². The van der Waals surface area contributed by atoms with Gasteiger partial charge in [-0.05, 0) is 19.0 Å². The normalized spacial score (nSPS) is 24.2. The first kappa shape index (κ1) is 11.1. The van der Waals surface area contributed by atoms with Crippen molar-refractivity contribution >= 4 is 0 Å². The van der Waals surface area contributed by atoms with E-state index < -0.39 is 0 Å². The summed E-state index contributed by atoms with van der Waals surface area (Å²) in [6, 6.07) is 1.84. The molecule has 0 aliphatic carbocycles. The fourth-order valence-corrected chi connectivity index (χ4v) is 2.55. The second kappa shape index (κ2) is 4.68. The van der Waals surface area contributed by atoms with Crippen LogP contribution in [0.15, 0.2) is 18.5 Å². The Labute approximate surface area is 101 Å². The van der Waals surface area contributed by atoms with Crippen molar-refractivity contribution < 1.29 is 9.47 Å². The molecule has 0 saturated carbocycles. The van der Waals surface area contributed by atoms with Gasteiger partial charge in [0.2, 0.25) is 0 Å². The Bertz CT molecular complexity index is 365. The molecule has 2 saturated heterocycles. The summed E-state index contributed by atoms with van der Waals surface area (Å²) in [6.45, 7) is 4.10. The third-order valence-corrected chi connectivity index (χ3v) is 3.29. The van der Waals surface area contributed by atoms with Crippen molar-refractivity contribution in [3.05, 3.63) is 24.3 Å². The summed E-state index contributed by atoms with van der Waals surface area (Å²) < 4.78 is 11.5. The lowest BCUT2D eigenvalue weighted by Crippen LogP contribution is -2.48. The molecule has 3 rings (SSSR count). The number of ether oxygens (including phenoxy) is 2. The van der Waals surface area contributed by atoms with Gasteiger partial charge in [0, 0.05) is 18.8 Å². The molecule has 2 aliphatic rings. The Balaban J connectivity index is 1.64. The fraction of sp³-hybridized carbons (Fsp3) is 0.667. The van der Waals surface area contributed by atoms with Crippen LogP contribution in [0, 0.1) is 0 Å². The minimum Gasteiger partial charge on any atom is -0.346 e. The van der Waals surface area contributed by atoms with E-state index >= 15 is 0 Å². The van der Waals surface area contributed by atoms with Crippen molar-refractivity contribution in [2.75, 3.05) is 26.3 Å². The van der Waals surface area contributed by atoms with E-state index in [1.807, 2.05) is 6.07 Å². The summed E-state index contributed by atoms with van der Waals surface area (Å²) in [5.41, 5.74) is 0. The molecule has 0 bridgehead atoms. The highest BCUT2D eigenvalue weighted by Crippen LogP contribution is 2.30. The van der Waals surface area contributed by atoms with Crippen molar-refractivity contribution in [1.82, 2.24) is 14.9 Å². The van der Waals surface area contributed by atoms with Crippen LogP contribution in [0.2, 0.25) is 0 Å². The molecular weight excluding hydrogens is 218 g/mol. The molecule has 0 radical (unpaired) electrons. The van der Waals surface area contributed by atoms with Crippen molar-refractivity contribution in [3.8, 4) is 0 Å². The maximum atomic E-state index is 5.74. The average Bonchev–Trinajstić information content (AvgIpc) is 2.79. The number of likely N-dealkylation sites (tertiary alicyclic amines) is 1. The zero-order chi connectivity index (χ0) is 11.6. The van der Waals surface area contributed by atoms with E-state index in [0.717, 1.165) is 51.5 Å². The van der Waals surface area contributed by atoms with E-state index in [9.17, 15) is 0 Å². The number of piperidine rings is 1. The second-order valence-corrected chi connectivity index (χ2v) is 4.59. The van der Waals surface area contributed by atoms with E-state index in [2.05, 4.69) is 14.9 Å². The Hall–Kier alpha value is -1.04. The molecule has 17 heavy (non-hydrogen) atoms. The summed E-state index contributed by atoms with van der Waals surface area (Å²) in [5.74, 6) is 0.509. The lowest BCUT2D eigenvalue weighted by molar-refractivity contribution is -0.190. The summed E-state index contributed by atoms with van der Waals surface area (Å²) in [4.78, 5) is 10.8. The molecule has 1 aromatic rings. The van der Waals surface area contributed by atoms with Gasteiger partial charge in [-0.1, -0.05) is 0 Å². The number of aromatic nitrogens is 2. The van der Waals surface area contributed by atoms with Crippen molar-refractivity contribution in [3.63, 3.8) is 0 Å². The molecule has 5 nitrogen and oxygen atoms in total. The molecule has 0 amide bonds. The van der Waals surface area contributed by atoms with Crippen molar-refractivity contribution in [2.45, 2.75) is 25.2 Å². The monoisotopic (exact) mass is 235 g/mol. The Morgan fingerprint density at radius 3 is 2.76 bits per heavy atom. The molecule has 92 valence electrons. The van der Waals surface area contributed by atoms with Gasteiger partial charge < -0.3 is 9.47 Å². The first-order valence-corrected chi connectivity index (χ1v) is 6.13. The molecule has 1 aromatic heterocycles. The van der Waals surface area contributed by atoms with Gasteiger partial charge in [0.1, 0.15) is 5.82 Å². The van der Waals surface area contributed by atoms with Crippen molar-refractivity contribution in [2.24, 2.45) is 0 Å². The Kier molecular flexibility index (Phi) is 3.05. The van der Waals surface area contributed by atoms with Gasteiger partial charge in [-0.15, -0.1) is 0 Å². The lowest BCUT2D eigenvalue weighted by Gasteiger charge is -2.38. The minimum absolute atomic E-state index is 0.354. The van der Waals surface area contributed by atoms with Crippen LogP contribution in [-0.4, -0.2) is 47.0 Å². The first-order chi connectivity index (χ1) is 8.36. The lowest BCUT2D eigenvalue weighted by atomic mass is 10.0. The zero-order valence-electron chi connectivity index (χ0n) is 9.84. The van der Waals surface area contributed by atoms with Crippen LogP contribution in [0.25, 0.3) is 0 Å². The van der Waals surface area contributed by atoms with Crippen LogP contribution in [0.3, 0.4) is 0 Å². The van der Waals surface area contributed by atoms with Gasteiger partial charge in [-0.2, -0.15) is 0 Å². The van der Waals surface area contributed by atoms with Gasteiger partial charge in [-0.3, -0.25) is 4.90 Å². The highest BCUT2D eigenvalue weighted by molar-refractivity contribution is 4.91. The minimum atomic E-state index is -0.354. The predicted molar refractivity (Wildman–Crippen MR) is 61.2 cm³/mol. The van der Waals surface area contributed by atoms with Gasteiger partial charge in [-0.25, -0.2) is 9.97 Å². The number of nitrogens with zero attached hydrogens (tertiary/aromatic N) is 3. The molecule has 1 spiro atoms. The number of hydrogen-bond donors (Lipinski definition) is 0. The standard InChI is InChI=1S/C12H17N3O2/c1-3-12(16-7-8-17-12)10-15(6-1)9-11-13-4-2-5-14-11/h2,4-5H,1,3,6-10H2. The maximum absolute atomic E-state index is 5.74. The molecule has 5 heteroatoms. The number of hydrogen-bond acceptors (Lipinski definition) is 5. The smallest absolute Gasteiger partial charge is 0.181 e. The molecule has 0 unspecified atom stereocenters. The van der Waals surface area contributed by atoms with Crippen LogP contribution in [-0.2, 0) is 16.0 Å². The van der Waals surface area contributed by atoms with Crippen LogP contribution >= 0.6 is 0 Å². The molecule has 2 aliphatic heterocycles. The molecule has 0 atom stereocenters. The third kappa shape index (κ3) is 2.46. The van der Waals surface area contributed by atoms with E-state index in [1.165, 1.54) is 0 Å². The van der Waals surface area contributed by atoms with Crippen LogP contribution < -0.4 is 0 Å². The number of rotatable bonds is 2. The van der Waals surface area contributed by atoms with E-state index in [4.69, 9.17) is 9.47 Å². The van der Waals surface area contributed by atoms with E-state index in [0.29, 0.717) is 0 Å². The van der Waals surface area contributed by atoms with E-state index in [-0.39, 0.29) is 5.79 Å². The second-order valence-electron chi connectivity index (χ2n) is 4.59. The van der Waals surface area contributed by atoms with Crippen molar-refractivity contribution in [1.29, 1.82) is 0 Å². The van der Waals surface area contributed by atoms with Crippen LogP contribution in [0.4, 0.5) is 0 Å². The zero-order valence-corrected chi connectivity index (χ0v) is 9.84. The largest absolute Gasteiger partial charge is 0.346 e. The highest BCUT2D eigenvalue weighted by Gasteiger charge is 2.40. The highest BCUT2D eigenvalue weighted by atomic mass is 16.7. The van der Waals surface area contributed by atoms with Crippen LogP contribution in [0.1, 0.15) is 18.7 Å². The third-order valence-electron chi connectivity index (χ3n) is 3.29. The fourth-order valence-electron chi connectivity index (χ4n) is 2.55. The van der Waals surface area contributed by atoms with Gasteiger partial charge in [0.15, 0.2) is 5.79 Å². The summed E-state index contributed by atoms with van der Waals surface area (Å²) in [7, 11) is 0.